The maximum atomic E-state index is 12.3. The molecule has 3 N–H and O–H groups in total. The molecule has 0 radical (unpaired) electrons. The van der Waals surface area contributed by atoms with Gasteiger partial charge in [0.05, 0.1) is 73.2 Å². The van der Waals surface area contributed by atoms with E-state index >= 15 is 0 Å². The third-order valence-corrected chi connectivity index (χ3v) is 8.50. The van der Waals surface area contributed by atoms with Crippen LogP contribution in [0.3, 0.4) is 0 Å². The summed E-state index contributed by atoms with van der Waals surface area (Å²) in [6, 6.07) is 5.22. The van der Waals surface area contributed by atoms with Crippen LogP contribution in [0.5, 0.6) is 11.5 Å². The monoisotopic (exact) mass is 638 g/mol. The van der Waals surface area contributed by atoms with Gasteiger partial charge in [-0.1, -0.05) is 29.8 Å². The summed E-state index contributed by atoms with van der Waals surface area (Å²) in [5.41, 5.74) is 1.99. The fraction of sp³-hybridized carbons (Fsp3) is 0.333. The van der Waals surface area contributed by atoms with E-state index < -0.39 is 0 Å². The van der Waals surface area contributed by atoms with E-state index in [-0.39, 0.29) is 24.0 Å². The Morgan fingerprint density at radius 2 is 1.80 bits per heavy atom. The molecule has 0 bridgehead atoms. The molecule has 6 rings (SSSR count). The standard InChI is InChI=1S/C30H32Cl2N8O4/c1-5-26(41)37-22-13-40(18-10-34-39(2)11-18)12-21(22)36-25-7-19-16(9-33-25)6-20(38-30(19)35-17-14-44-15-17)27-28(31)23(42-3)8-24(43-4)29(27)32/h5-11,17,21-22H,1,12-15H2,2-4H3,(H,33,36)(H,35,38)(H,37,41)/t21-,22+/m1/s1. The van der Waals surface area contributed by atoms with Crippen LogP contribution in [0.1, 0.15) is 0 Å². The number of halogens is 2. The summed E-state index contributed by atoms with van der Waals surface area (Å²) in [5, 5.41) is 16.7. The van der Waals surface area contributed by atoms with Gasteiger partial charge in [-0.25, -0.2) is 9.97 Å². The van der Waals surface area contributed by atoms with Crippen LogP contribution in [-0.2, 0) is 16.6 Å². The summed E-state index contributed by atoms with van der Waals surface area (Å²) in [6.45, 7) is 5.96. The van der Waals surface area contributed by atoms with Crippen LogP contribution in [0.15, 0.2) is 49.4 Å². The number of hydrogen-bond donors (Lipinski definition) is 3. The molecule has 44 heavy (non-hydrogen) atoms. The maximum Gasteiger partial charge on any atom is 0.243 e. The van der Waals surface area contributed by atoms with E-state index in [9.17, 15) is 4.79 Å². The van der Waals surface area contributed by atoms with E-state index in [1.165, 1.54) is 20.3 Å². The summed E-state index contributed by atoms with van der Waals surface area (Å²) in [6.07, 6.45) is 6.81. The van der Waals surface area contributed by atoms with Crippen molar-refractivity contribution in [1.82, 2.24) is 25.1 Å². The van der Waals surface area contributed by atoms with E-state index in [1.54, 1.807) is 16.9 Å². The lowest BCUT2D eigenvalue weighted by atomic mass is 10.1. The zero-order valence-electron chi connectivity index (χ0n) is 24.4. The molecular weight excluding hydrogens is 607 g/mol. The summed E-state index contributed by atoms with van der Waals surface area (Å²) >= 11 is 13.5. The molecule has 12 nitrogen and oxygen atoms in total. The average Bonchev–Trinajstić information content (AvgIpc) is 3.60. The van der Waals surface area contributed by atoms with E-state index in [4.69, 9.17) is 47.4 Å². The number of amides is 1. The normalized spacial score (nSPS) is 18.2. The first-order valence-corrected chi connectivity index (χ1v) is 14.7. The highest BCUT2D eigenvalue weighted by molar-refractivity contribution is 6.41. The number of ether oxygens (including phenoxy) is 3. The first-order valence-electron chi connectivity index (χ1n) is 14.0. The lowest BCUT2D eigenvalue weighted by Crippen LogP contribution is -2.45. The minimum Gasteiger partial charge on any atom is -0.495 e. The van der Waals surface area contributed by atoms with Crippen molar-refractivity contribution in [3.05, 3.63) is 59.5 Å². The highest BCUT2D eigenvalue weighted by Crippen LogP contribution is 2.46. The van der Waals surface area contributed by atoms with Crippen molar-refractivity contribution in [2.24, 2.45) is 7.05 Å². The summed E-state index contributed by atoms with van der Waals surface area (Å²) in [7, 11) is 4.93. The van der Waals surface area contributed by atoms with E-state index in [1.807, 2.05) is 31.6 Å². The molecule has 2 fully saturated rings. The number of carbonyl (C=O) groups excluding carboxylic acids is 1. The van der Waals surface area contributed by atoms with Crippen LogP contribution in [0, 0.1) is 0 Å². The van der Waals surface area contributed by atoms with Crippen LogP contribution in [0.4, 0.5) is 17.3 Å². The van der Waals surface area contributed by atoms with E-state index in [0.717, 1.165) is 16.5 Å². The Morgan fingerprint density at radius 1 is 1.07 bits per heavy atom. The molecule has 14 heteroatoms. The minimum atomic E-state index is -0.237. The van der Waals surface area contributed by atoms with Gasteiger partial charge in [-0.3, -0.25) is 9.48 Å². The number of rotatable bonds is 10. The molecule has 1 aromatic carbocycles. The lowest BCUT2D eigenvalue weighted by molar-refractivity contribution is -0.117. The fourth-order valence-electron chi connectivity index (χ4n) is 5.40. The van der Waals surface area contributed by atoms with Gasteiger partial charge in [-0.05, 0) is 18.2 Å². The SMILES string of the molecule is C=CC(=O)N[C@H]1CN(c2cnn(C)c2)C[C@H]1Nc1cc2c(NC3COC3)nc(-c3c(Cl)c(OC)cc(OC)c3Cl)cc2cn1. The van der Waals surface area contributed by atoms with Crippen molar-refractivity contribution < 1.29 is 19.0 Å². The average molecular weight is 640 g/mol. The van der Waals surface area contributed by atoms with Gasteiger partial charge in [-0.15, -0.1) is 0 Å². The van der Waals surface area contributed by atoms with Crippen LogP contribution in [0.2, 0.25) is 10.0 Å². The minimum absolute atomic E-state index is 0.0951. The van der Waals surface area contributed by atoms with Crippen molar-refractivity contribution in [2.75, 3.05) is 56.1 Å². The third-order valence-electron chi connectivity index (χ3n) is 7.75. The maximum absolute atomic E-state index is 12.3. The van der Waals surface area contributed by atoms with Crippen molar-refractivity contribution in [2.45, 2.75) is 18.1 Å². The first kappa shape index (κ1) is 29.8. The Kier molecular flexibility index (Phi) is 8.39. The topological polar surface area (TPSA) is 128 Å². The number of nitrogens with one attached hydrogen (secondary N) is 3. The van der Waals surface area contributed by atoms with Crippen LogP contribution < -0.4 is 30.3 Å². The second kappa shape index (κ2) is 12.4. The van der Waals surface area contributed by atoms with Crippen molar-refractivity contribution in [3.63, 3.8) is 0 Å². The highest BCUT2D eigenvalue weighted by atomic mass is 35.5. The number of anilines is 3. The van der Waals surface area contributed by atoms with Gasteiger partial charge in [0.2, 0.25) is 5.91 Å². The molecule has 0 spiro atoms. The zero-order chi connectivity index (χ0) is 31.0. The molecule has 3 aromatic heterocycles. The number of nitrogens with zero attached hydrogens (tertiary/aromatic N) is 5. The molecule has 2 aliphatic rings. The number of pyridine rings is 2. The second-order valence-corrected chi connectivity index (χ2v) is 11.4. The number of fused-ring (bicyclic) bond motifs is 1. The predicted octanol–water partition coefficient (Wildman–Crippen LogP) is 4.14. The smallest absolute Gasteiger partial charge is 0.243 e. The Morgan fingerprint density at radius 3 is 2.41 bits per heavy atom. The number of methoxy groups -OCH3 is 2. The molecule has 5 heterocycles. The molecule has 0 unspecified atom stereocenters. The van der Waals surface area contributed by atoms with Crippen LogP contribution in [-0.4, -0.2) is 84.3 Å². The van der Waals surface area contributed by atoms with Crippen molar-refractivity contribution in [3.8, 4) is 22.8 Å². The molecule has 4 aromatic rings. The number of benzene rings is 1. The number of aryl methyl sites for hydroxylation is 1. The molecule has 230 valence electrons. The predicted molar refractivity (Wildman–Crippen MR) is 171 cm³/mol. The van der Waals surface area contributed by atoms with Gasteiger partial charge < -0.3 is 35.1 Å². The Labute approximate surface area is 264 Å². The van der Waals surface area contributed by atoms with Gasteiger partial charge in [0.15, 0.2) is 0 Å². The van der Waals surface area contributed by atoms with Gasteiger partial charge in [0, 0.05) is 54.9 Å². The van der Waals surface area contributed by atoms with Crippen molar-refractivity contribution >= 4 is 57.2 Å². The van der Waals surface area contributed by atoms with Crippen LogP contribution >= 0.6 is 23.2 Å². The molecule has 0 saturated carbocycles. The Hall–Kier alpha value is -4.26. The third kappa shape index (κ3) is 5.80. The Balaban J connectivity index is 1.37. The number of hydrogen-bond acceptors (Lipinski definition) is 10. The lowest BCUT2D eigenvalue weighted by Gasteiger charge is -2.28. The molecular formula is C30H32Cl2N8O4. The molecule has 2 atom stereocenters. The summed E-state index contributed by atoms with van der Waals surface area (Å²) < 4.78 is 18.1. The van der Waals surface area contributed by atoms with Gasteiger partial charge in [0.25, 0.3) is 0 Å². The van der Waals surface area contributed by atoms with Gasteiger partial charge in [-0.2, -0.15) is 5.10 Å². The Bertz CT molecular complexity index is 1700. The highest BCUT2D eigenvalue weighted by Gasteiger charge is 2.34. The van der Waals surface area contributed by atoms with Gasteiger partial charge >= 0.3 is 0 Å². The number of carbonyl (C=O) groups is 1. The van der Waals surface area contributed by atoms with E-state index in [2.05, 4.69) is 32.5 Å². The second-order valence-electron chi connectivity index (χ2n) is 10.7. The summed E-state index contributed by atoms with van der Waals surface area (Å²) in [5.74, 6) is 1.86. The zero-order valence-corrected chi connectivity index (χ0v) is 25.9. The molecule has 2 saturated heterocycles. The summed E-state index contributed by atoms with van der Waals surface area (Å²) in [4.78, 5) is 24.2. The molecule has 2 aliphatic heterocycles. The van der Waals surface area contributed by atoms with Crippen molar-refractivity contribution in [1.29, 1.82) is 0 Å². The molecule has 1 amide bonds. The molecule has 0 aliphatic carbocycles. The van der Waals surface area contributed by atoms with Gasteiger partial charge in [0.1, 0.15) is 23.1 Å². The fourth-order valence-corrected chi connectivity index (χ4v) is 6.09. The number of aromatic nitrogens is 4. The quantitative estimate of drug-likeness (QED) is 0.218. The van der Waals surface area contributed by atoms with E-state index in [0.29, 0.717) is 70.7 Å². The van der Waals surface area contributed by atoms with Crippen LogP contribution in [0.25, 0.3) is 22.0 Å². The largest absolute Gasteiger partial charge is 0.495 e. The first-order chi connectivity index (χ1) is 21.3.